The van der Waals surface area contributed by atoms with Crippen LogP contribution < -0.4 is 9.64 Å². The zero-order valence-corrected chi connectivity index (χ0v) is 19.8. The Morgan fingerprint density at radius 3 is 2.91 bits per heavy atom. The lowest BCUT2D eigenvalue weighted by Gasteiger charge is -2.25. The number of halogens is 1. The van der Waals surface area contributed by atoms with Crippen LogP contribution in [0.15, 0.2) is 23.6 Å². The predicted octanol–water partition coefficient (Wildman–Crippen LogP) is 2.65. The third-order valence-corrected chi connectivity index (χ3v) is 6.86. The van der Waals surface area contributed by atoms with Crippen molar-refractivity contribution in [3.63, 3.8) is 0 Å². The molecule has 0 bridgehead atoms. The zero-order valence-electron chi connectivity index (χ0n) is 18.3. The fourth-order valence-corrected chi connectivity index (χ4v) is 5.05. The Hall–Kier alpha value is -2.20. The second-order valence-corrected chi connectivity index (χ2v) is 9.42. The van der Waals surface area contributed by atoms with Gasteiger partial charge in [-0.3, -0.25) is 14.5 Å². The minimum absolute atomic E-state index is 0.0652. The van der Waals surface area contributed by atoms with Crippen molar-refractivity contribution >= 4 is 40.4 Å². The lowest BCUT2D eigenvalue weighted by Crippen LogP contribution is -2.35. The van der Waals surface area contributed by atoms with Crippen molar-refractivity contribution in [2.24, 2.45) is 5.92 Å². The first-order valence-electron chi connectivity index (χ1n) is 10.6. The van der Waals surface area contributed by atoms with E-state index in [1.54, 1.807) is 53.5 Å². The molecule has 10 heteroatoms. The molecule has 0 aliphatic carbocycles. The number of thiazole rings is 1. The lowest BCUT2D eigenvalue weighted by atomic mass is 10.1. The highest BCUT2D eigenvalue weighted by molar-refractivity contribution is 7.09. The van der Waals surface area contributed by atoms with E-state index in [0.717, 1.165) is 43.5 Å². The summed E-state index contributed by atoms with van der Waals surface area (Å²) >= 11 is 7.73. The lowest BCUT2D eigenvalue weighted by molar-refractivity contribution is -0.135. The van der Waals surface area contributed by atoms with Crippen LogP contribution in [0.25, 0.3) is 0 Å². The summed E-state index contributed by atoms with van der Waals surface area (Å²) in [6.45, 7) is 4.87. The molecule has 0 N–H and O–H groups in total. The van der Waals surface area contributed by atoms with Gasteiger partial charge >= 0.3 is 0 Å². The summed E-state index contributed by atoms with van der Waals surface area (Å²) in [6, 6.07) is 5.13. The topological polar surface area (TPSA) is 75.2 Å². The van der Waals surface area contributed by atoms with E-state index in [4.69, 9.17) is 26.1 Å². The van der Waals surface area contributed by atoms with Crippen LogP contribution in [0, 0.1) is 5.92 Å². The zero-order chi connectivity index (χ0) is 22.7. The predicted molar refractivity (Wildman–Crippen MR) is 123 cm³/mol. The summed E-state index contributed by atoms with van der Waals surface area (Å²) in [6.07, 6.45) is 0.165. The Labute approximate surface area is 196 Å². The van der Waals surface area contributed by atoms with E-state index in [1.807, 2.05) is 5.38 Å². The molecule has 0 saturated carbocycles. The highest BCUT2D eigenvalue weighted by Crippen LogP contribution is 2.35. The monoisotopic (exact) mass is 478 g/mol. The van der Waals surface area contributed by atoms with E-state index in [1.165, 1.54) is 0 Å². The van der Waals surface area contributed by atoms with Crippen LogP contribution >= 0.6 is 22.9 Å². The van der Waals surface area contributed by atoms with Gasteiger partial charge in [0.1, 0.15) is 10.8 Å². The Morgan fingerprint density at radius 2 is 2.16 bits per heavy atom. The summed E-state index contributed by atoms with van der Waals surface area (Å²) < 4.78 is 10.8. The molecule has 2 fully saturated rings. The maximum atomic E-state index is 13.1. The fraction of sp³-hybridized carbons (Fsp3) is 0.500. The molecule has 8 nitrogen and oxygen atoms in total. The number of morpholine rings is 1. The highest BCUT2D eigenvalue weighted by atomic mass is 35.5. The van der Waals surface area contributed by atoms with Crippen LogP contribution in [0.2, 0.25) is 5.02 Å². The summed E-state index contributed by atoms with van der Waals surface area (Å²) in [7, 11) is 3.31. The average molecular weight is 479 g/mol. The molecular weight excluding hydrogens is 452 g/mol. The molecule has 4 rings (SSSR count). The molecular formula is C22H27ClN4O4S. The first-order valence-corrected chi connectivity index (χ1v) is 11.8. The van der Waals surface area contributed by atoms with Crippen LogP contribution in [0.1, 0.15) is 17.1 Å². The molecule has 2 aromatic rings. The van der Waals surface area contributed by atoms with Crippen LogP contribution in [0.5, 0.6) is 5.75 Å². The van der Waals surface area contributed by atoms with E-state index in [-0.39, 0.29) is 18.2 Å². The Kier molecular flexibility index (Phi) is 7.30. The smallest absolute Gasteiger partial charge is 0.228 e. The van der Waals surface area contributed by atoms with Gasteiger partial charge in [-0.1, -0.05) is 11.6 Å². The largest absolute Gasteiger partial charge is 0.495 e. The highest BCUT2D eigenvalue weighted by Gasteiger charge is 2.37. The summed E-state index contributed by atoms with van der Waals surface area (Å²) in [5.41, 5.74) is 1.46. The van der Waals surface area contributed by atoms with Gasteiger partial charge in [0.05, 0.1) is 50.7 Å². The van der Waals surface area contributed by atoms with Gasteiger partial charge in [0.2, 0.25) is 11.8 Å². The molecule has 0 spiro atoms. The molecule has 0 radical (unpaired) electrons. The number of carbonyl (C=O) groups excluding carboxylic acids is 2. The molecule has 2 aliphatic heterocycles. The molecule has 1 unspecified atom stereocenters. The standard InChI is InChI=1S/C22H27ClN4O4S/c1-25(12-17-14-32-20(24-17)13-26-5-7-31-8-6-26)22(29)15-9-21(28)27(11-15)18-10-16(23)3-4-19(18)30-2/h3-4,10,14-15H,5-9,11-13H2,1-2H3. The van der Waals surface area contributed by atoms with Gasteiger partial charge < -0.3 is 19.3 Å². The molecule has 1 aromatic carbocycles. The van der Waals surface area contributed by atoms with Gasteiger partial charge in [0.15, 0.2) is 0 Å². The first-order chi connectivity index (χ1) is 15.4. The van der Waals surface area contributed by atoms with Crippen molar-refractivity contribution in [3.8, 4) is 5.75 Å². The van der Waals surface area contributed by atoms with Gasteiger partial charge in [0, 0.05) is 43.5 Å². The molecule has 3 heterocycles. The van der Waals surface area contributed by atoms with E-state index >= 15 is 0 Å². The minimum Gasteiger partial charge on any atom is -0.495 e. The first kappa shape index (κ1) is 23.0. The minimum atomic E-state index is -0.414. The SMILES string of the molecule is COc1ccc(Cl)cc1N1CC(C(=O)N(C)Cc2csc(CN3CCOCC3)n2)CC1=O. The van der Waals surface area contributed by atoms with E-state index in [0.29, 0.717) is 29.5 Å². The third-order valence-electron chi connectivity index (χ3n) is 5.74. The van der Waals surface area contributed by atoms with Gasteiger partial charge in [0.25, 0.3) is 0 Å². The van der Waals surface area contributed by atoms with E-state index in [9.17, 15) is 9.59 Å². The summed E-state index contributed by atoms with van der Waals surface area (Å²) in [5.74, 6) is -0.0366. The van der Waals surface area contributed by atoms with Crippen molar-refractivity contribution < 1.29 is 19.1 Å². The molecule has 2 amide bonds. The molecule has 1 aromatic heterocycles. The van der Waals surface area contributed by atoms with Crippen LogP contribution in [0.4, 0.5) is 5.69 Å². The van der Waals surface area contributed by atoms with Gasteiger partial charge in [-0.2, -0.15) is 0 Å². The second kappa shape index (κ2) is 10.2. The molecule has 32 heavy (non-hydrogen) atoms. The van der Waals surface area contributed by atoms with Crippen molar-refractivity contribution in [3.05, 3.63) is 39.3 Å². The number of hydrogen-bond acceptors (Lipinski definition) is 7. The van der Waals surface area contributed by atoms with Gasteiger partial charge in [-0.15, -0.1) is 11.3 Å². The van der Waals surface area contributed by atoms with Gasteiger partial charge in [-0.05, 0) is 18.2 Å². The number of anilines is 1. The average Bonchev–Trinajstić information content (AvgIpc) is 3.39. The van der Waals surface area contributed by atoms with Crippen LogP contribution in [-0.4, -0.2) is 73.6 Å². The number of carbonyl (C=O) groups is 2. The van der Waals surface area contributed by atoms with Gasteiger partial charge in [-0.25, -0.2) is 4.98 Å². The van der Waals surface area contributed by atoms with E-state index in [2.05, 4.69) is 4.90 Å². The quantitative estimate of drug-likeness (QED) is 0.609. The van der Waals surface area contributed by atoms with Crippen molar-refractivity contribution in [1.82, 2.24) is 14.8 Å². The molecule has 2 saturated heterocycles. The molecule has 2 aliphatic rings. The number of methoxy groups -OCH3 is 1. The van der Waals surface area contributed by atoms with Crippen LogP contribution in [0.3, 0.4) is 0 Å². The number of nitrogens with zero attached hydrogens (tertiary/aromatic N) is 4. The number of benzene rings is 1. The normalized spacial score (nSPS) is 19.4. The Bertz CT molecular complexity index is 979. The van der Waals surface area contributed by atoms with E-state index < -0.39 is 5.92 Å². The maximum absolute atomic E-state index is 13.1. The second-order valence-electron chi connectivity index (χ2n) is 8.04. The van der Waals surface area contributed by atoms with Crippen molar-refractivity contribution in [2.45, 2.75) is 19.5 Å². The number of aromatic nitrogens is 1. The number of ether oxygens (including phenoxy) is 2. The molecule has 172 valence electrons. The van der Waals surface area contributed by atoms with Crippen molar-refractivity contribution in [2.75, 3.05) is 51.9 Å². The summed E-state index contributed by atoms with van der Waals surface area (Å²) in [5, 5.41) is 3.55. The third kappa shape index (κ3) is 5.23. The number of rotatable bonds is 7. The summed E-state index contributed by atoms with van der Waals surface area (Å²) in [4.78, 5) is 36.0. The Balaban J connectivity index is 1.36. The Morgan fingerprint density at radius 1 is 1.38 bits per heavy atom. The number of hydrogen-bond donors (Lipinski definition) is 0. The fourth-order valence-electron chi connectivity index (χ4n) is 4.06. The van der Waals surface area contributed by atoms with Crippen LogP contribution in [-0.2, 0) is 27.4 Å². The maximum Gasteiger partial charge on any atom is 0.228 e. The van der Waals surface area contributed by atoms with Crippen molar-refractivity contribution in [1.29, 1.82) is 0 Å². The number of amides is 2. The molecule has 1 atom stereocenters.